The number of carboxylic acids is 2. The first kappa shape index (κ1) is 29.4. The van der Waals surface area contributed by atoms with Crippen molar-refractivity contribution in [3.8, 4) is 0 Å². The highest BCUT2D eigenvalue weighted by molar-refractivity contribution is 5.89. The topological polar surface area (TPSA) is 183 Å². The molecule has 0 spiro atoms. The lowest BCUT2D eigenvalue weighted by atomic mass is 10.1. The number of carbonyl (C=O) groups excluding carboxylic acids is 1. The van der Waals surface area contributed by atoms with Crippen molar-refractivity contribution in [1.29, 1.82) is 0 Å². The predicted octanol–water partition coefficient (Wildman–Crippen LogP) is 2.75. The maximum Gasteiger partial charge on any atom is 0.328 e. The van der Waals surface area contributed by atoms with Crippen LogP contribution in [-0.2, 0) is 14.4 Å². The van der Waals surface area contributed by atoms with E-state index in [1.165, 1.54) is 19.1 Å². The fraction of sp³-hybridized carbons (Fsp3) is 0.269. The Morgan fingerprint density at radius 3 is 2.38 bits per heavy atom. The van der Waals surface area contributed by atoms with Gasteiger partial charge < -0.3 is 31.1 Å². The zero-order valence-corrected chi connectivity index (χ0v) is 21.8. The number of hydrogen-bond donors (Lipinski definition) is 5. The number of amides is 1. The van der Waals surface area contributed by atoms with Crippen LogP contribution in [0, 0.1) is 5.82 Å². The maximum atomic E-state index is 13.3. The molecule has 4 rings (SSSR count). The van der Waals surface area contributed by atoms with Crippen molar-refractivity contribution in [2.75, 3.05) is 28.6 Å². The van der Waals surface area contributed by atoms with Gasteiger partial charge in [0.15, 0.2) is 0 Å². The SMILES string of the molecule is CC(=O)N[C@H]1CCN(c2cc(Nc3cnccn3)nc(N[C@@H](C)c3ccc(F)cc3)n2)C1.O=C(O)/C=C\C(=O)O. The van der Waals surface area contributed by atoms with Gasteiger partial charge in [-0.05, 0) is 31.0 Å². The second kappa shape index (κ2) is 14.1. The Bertz CT molecular complexity index is 1320. The Kier molecular flexibility index (Phi) is 10.4. The molecule has 5 N–H and O–H groups in total. The van der Waals surface area contributed by atoms with Crippen molar-refractivity contribution in [2.24, 2.45) is 0 Å². The van der Waals surface area contributed by atoms with Crippen LogP contribution in [0.3, 0.4) is 0 Å². The average molecular weight is 553 g/mol. The molecule has 40 heavy (non-hydrogen) atoms. The molecule has 0 radical (unpaired) electrons. The van der Waals surface area contributed by atoms with Crippen LogP contribution in [0.25, 0.3) is 0 Å². The lowest BCUT2D eigenvalue weighted by Crippen LogP contribution is -2.35. The Morgan fingerprint density at radius 2 is 1.77 bits per heavy atom. The zero-order chi connectivity index (χ0) is 29.1. The summed E-state index contributed by atoms with van der Waals surface area (Å²) in [6.07, 6.45) is 6.76. The number of benzene rings is 1. The lowest BCUT2D eigenvalue weighted by molar-refractivity contribution is -0.134. The minimum atomic E-state index is -1.26. The molecule has 1 saturated heterocycles. The summed E-state index contributed by atoms with van der Waals surface area (Å²) in [5.74, 6) is -0.557. The number of carbonyl (C=O) groups is 3. The minimum absolute atomic E-state index is 0.0416. The van der Waals surface area contributed by atoms with E-state index in [4.69, 9.17) is 15.2 Å². The van der Waals surface area contributed by atoms with Crippen LogP contribution in [0.2, 0.25) is 0 Å². The van der Waals surface area contributed by atoms with E-state index >= 15 is 0 Å². The Morgan fingerprint density at radius 1 is 1.07 bits per heavy atom. The Hall–Kier alpha value is -5.14. The molecule has 1 amide bonds. The second-order valence-electron chi connectivity index (χ2n) is 8.71. The van der Waals surface area contributed by atoms with Crippen molar-refractivity contribution >= 4 is 41.2 Å². The molecule has 1 fully saturated rings. The first-order chi connectivity index (χ1) is 19.1. The van der Waals surface area contributed by atoms with E-state index in [9.17, 15) is 18.8 Å². The average Bonchev–Trinajstić information content (AvgIpc) is 3.36. The number of carboxylic acid groups (broad SMARTS) is 2. The van der Waals surface area contributed by atoms with E-state index in [0.29, 0.717) is 36.3 Å². The number of aromatic nitrogens is 4. The van der Waals surface area contributed by atoms with Crippen molar-refractivity contribution in [1.82, 2.24) is 25.3 Å². The smallest absolute Gasteiger partial charge is 0.328 e. The molecule has 3 heterocycles. The number of hydrogen-bond acceptors (Lipinski definition) is 10. The number of rotatable bonds is 9. The first-order valence-corrected chi connectivity index (χ1v) is 12.2. The highest BCUT2D eigenvalue weighted by atomic mass is 19.1. The van der Waals surface area contributed by atoms with E-state index in [0.717, 1.165) is 24.3 Å². The molecular weight excluding hydrogens is 523 g/mol. The standard InChI is InChI=1S/C22H25FN8O.C4H4O4/c1-14(16-3-5-17(23)6-4-16)26-22-29-19(28-20-12-24-8-9-25-20)11-21(30-22)31-10-7-18(13-31)27-15(2)32;5-3(6)1-2-4(7)8/h3-6,8-9,11-12,14,18H,7,10,13H2,1-2H3,(H,27,32)(H2,25,26,28,29,30);1-2H,(H,5,6)(H,7,8)/b;2-1-/t14-,18-;/m0./s1. The van der Waals surface area contributed by atoms with E-state index < -0.39 is 11.9 Å². The summed E-state index contributed by atoms with van der Waals surface area (Å²) in [7, 11) is 0. The van der Waals surface area contributed by atoms with Crippen LogP contribution in [0.5, 0.6) is 0 Å². The third-order valence-electron chi connectivity index (χ3n) is 5.54. The summed E-state index contributed by atoms with van der Waals surface area (Å²) in [5, 5.41) is 25.0. The highest BCUT2D eigenvalue weighted by Gasteiger charge is 2.25. The van der Waals surface area contributed by atoms with Gasteiger partial charge in [-0.25, -0.2) is 19.0 Å². The number of nitrogens with one attached hydrogen (secondary N) is 3. The number of anilines is 4. The normalized spacial score (nSPS) is 15.1. The summed E-state index contributed by atoms with van der Waals surface area (Å²) >= 11 is 0. The fourth-order valence-corrected chi connectivity index (χ4v) is 3.76. The molecule has 0 unspecified atom stereocenters. The molecule has 210 valence electrons. The summed E-state index contributed by atoms with van der Waals surface area (Å²) in [4.78, 5) is 50.2. The van der Waals surface area contributed by atoms with Gasteiger partial charge >= 0.3 is 11.9 Å². The minimum Gasteiger partial charge on any atom is -0.478 e. The van der Waals surface area contributed by atoms with Gasteiger partial charge in [0.1, 0.15) is 23.3 Å². The van der Waals surface area contributed by atoms with Gasteiger partial charge in [0.05, 0.1) is 12.2 Å². The van der Waals surface area contributed by atoms with E-state index in [2.05, 4.69) is 35.8 Å². The van der Waals surface area contributed by atoms with Crippen LogP contribution in [0.1, 0.15) is 31.9 Å². The summed E-state index contributed by atoms with van der Waals surface area (Å²) in [6, 6.07) is 8.10. The molecule has 1 aromatic carbocycles. The molecule has 0 saturated carbocycles. The van der Waals surface area contributed by atoms with Crippen LogP contribution in [0.15, 0.2) is 61.1 Å². The van der Waals surface area contributed by atoms with Crippen molar-refractivity contribution in [3.05, 3.63) is 72.5 Å². The van der Waals surface area contributed by atoms with Crippen molar-refractivity contribution < 1.29 is 29.0 Å². The molecule has 3 aromatic rings. The first-order valence-electron chi connectivity index (χ1n) is 12.2. The fourth-order valence-electron chi connectivity index (χ4n) is 3.76. The molecule has 1 aliphatic heterocycles. The quantitative estimate of drug-likeness (QED) is 0.245. The predicted molar refractivity (Wildman–Crippen MR) is 145 cm³/mol. The van der Waals surface area contributed by atoms with Gasteiger partial charge in [-0.3, -0.25) is 9.78 Å². The molecule has 13 nitrogen and oxygen atoms in total. The van der Waals surface area contributed by atoms with Gasteiger partial charge in [0.2, 0.25) is 11.9 Å². The van der Waals surface area contributed by atoms with E-state index in [1.54, 1.807) is 30.7 Å². The largest absolute Gasteiger partial charge is 0.478 e. The number of aliphatic carboxylic acids is 2. The third kappa shape index (κ3) is 9.63. The van der Waals surface area contributed by atoms with Gasteiger partial charge in [-0.15, -0.1) is 0 Å². The zero-order valence-electron chi connectivity index (χ0n) is 21.8. The second-order valence-corrected chi connectivity index (χ2v) is 8.71. The number of nitrogens with zero attached hydrogens (tertiary/aromatic N) is 5. The van der Waals surface area contributed by atoms with E-state index in [1.807, 2.05) is 13.0 Å². The Labute approximate surface area is 229 Å². The molecule has 0 bridgehead atoms. The molecule has 2 aromatic heterocycles. The number of halogens is 1. The third-order valence-corrected chi connectivity index (χ3v) is 5.54. The monoisotopic (exact) mass is 552 g/mol. The van der Waals surface area contributed by atoms with Gasteiger partial charge in [0, 0.05) is 56.7 Å². The summed E-state index contributed by atoms with van der Waals surface area (Å²) in [5.41, 5.74) is 0.913. The highest BCUT2D eigenvalue weighted by Crippen LogP contribution is 2.26. The molecule has 1 aliphatic rings. The van der Waals surface area contributed by atoms with Crippen LogP contribution in [0.4, 0.5) is 27.8 Å². The maximum absolute atomic E-state index is 13.3. The van der Waals surface area contributed by atoms with Crippen molar-refractivity contribution in [3.63, 3.8) is 0 Å². The van der Waals surface area contributed by atoms with Crippen molar-refractivity contribution in [2.45, 2.75) is 32.4 Å². The van der Waals surface area contributed by atoms with E-state index in [-0.39, 0.29) is 23.8 Å². The van der Waals surface area contributed by atoms with Crippen LogP contribution < -0.4 is 20.9 Å². The molecule has 2 atom stereocenters. The van der Waals surface area contributed by atoms with Crippen LogP contribution in [-0.4, -0.2) is 67.1 Å². The van der Waals surface area contributed by atoms with Gasteiger partial charge in [-0.1, -0.05) is 12.1 Å². The molecular formula is C26H29FN8O5. The lowest BCUT2D eigenvalue weighted by Gasteiger charge is -2.21. The molecule has 0 aliphatic carbocycles. The summed E-state index contributed by atoms with van der Waals surface area (Å²) in [6.45, 7) is 4.91. The van der Waals surface area contributed by atoms with Gasteiger partial charge in [0.25, 0.3) is 0 Å². The van der Waals surface area contributed by atoms with Gasteiger partial charge in [-0.2, -0.15) is 9.97 Å². The summed E-state index contributed by atoms with van der Waals surface area (Å²) < 4.78 is 13.3. The Balaban J connectivity index is 0.000000482. The molecule has 14 heteroatoms. The van der Waals surface area contributed by atoms with Crippen LogP contribution >= 0.6 is 0 Å².